The van der Waals surface area contributed by atoms with E-state index in [2.05, 4.69) is 37.1 Å². The monoisotopic (exact) mass is 397 g/mol. The smallest absolute Gasteiger partial charge is 0.256 e. The van der Waals surface area contributed by atoms with Gasteiger partial charge in [-0.3, -0.25) is 9.48 Å². The fraction of sp³-hybridized carbons (Fsp3) is 0.300. The summed E-state index contributed by atoms with van der Waals surface area (Å²) >= 11 is 3.55. The molecule has 0 bridgehead atoms. The lowest BCUT2D eigenvalue weighted by molar-refractivity contribution is 0.102. The zero-order valence-corrected chi connectivity index (χ0v) is 15.7. The summed E-state index contributed by atoms with van der Waals surface area (Å²) in [6.45, 7) is 2.03. The summed E-state index contributed by atoms with van der Waals surface area (Å²) < 4.78 is 2.99. The molecule has 5 heteroatoms. The number of rotatable bonds is 3. The maximum absolute atomic E-state index is 12.8. The Kier molecular flexibility index (Phi) is 4.34. The van der Waals surface area contributed by atoms with Gasteiger partial charge in [-0.05, 0) is 44.0 Å². The minimum absolute atomic E-state index is 0.110. The summed E-state index contributed by atoms with van der Waals surface area (Å²) in [5.41, 5.74) is 3.64. The third-order valence-electron chi connectivity index (χ3n) is 4.91. The van der Waals surface area contributed by atoms with Gasteiger partial charge in [0.2, 0.25) is 0 Å². The van der Waals surface area contributed by atoms with Crippen LogP contribution in [0.4, 0.5) is 5.69 Å². The molecule has 1 amide bonds. The van der Waals surface area contributed by atoms with Crippen LogP contribution in [-0.4, -0.2) is 15.7 Å². The van der Waals surface area contributed by atoms with Crippen LogP contribution in [0.3, 0.4) is 0 Å². The molecule has 0 unspecified atom stereocenters. The fourth-order valence-electron chi connectivity index (χ4n) is 3.57. The van der Waals surface area contributed by atoms with Crippen LogP contribution in [0.2, 0.25) is 0 Å². The fourth-order valence-corrected chi connectivity index (χ4v) is 4.02. The molecule has 25 heavy (non-hydrogen) atoms. The van der Waals surface area contributed by atoms with Gasteiger partial charge in [0.1, 0.15) is 0 Å². The molecule has 1 aliphatic carbocycles. The molecule has 1 aliphatic rings. The lowest BCUT2D eigenvalue weighted by atomic mass is 10.1. The van der Waals surface area contributed by atoms with E-state index in [0.29, 0.717) is 11.6 Å². The molecular weight excluding hydrogens is 378 g/mol. The molecule has 1 saturated carbocycles. The van der Waals surface area contributed by atoms with E-state index in [1.54, 1.807) is 0 Å². The van der Waals surface area contributed by atoms with Crippen molar-refractivity contribution in [2.24, 2.45) is 0 Å². The molecule has 2 aromatic carbocycles. The molecule has 1 fully saturated rings. The number of carbonyl (C=O) groups excluding carboxylic acids is 1. The van der Waals surface area contributed by atoms with Crippen LogP contribution in [-0.2, 0) is 0 Å². The van der Waals surface area contributed by atoms with Gasteiger partial charge in [-0.2, -0.15) is 5.10 Å². The van der Waals surface area contributed by atoms with Crippen molar-refractivity contribution in [3.8, 4) is 0 Å². The van der Waals surface area contributed by atoms with Crippen LogP contribution in [0.25, 0.3) is 10.9 Å². The van der Waals surface area contributed by atoms with Crippen LogP contribution >= 0.6 is 15.9 Å². The van der Waals surface area contributed by atoms with Gasteiger partial charge < -0.3 is 5.32 Å². The van der Waals surface area contributed by atoms with Gasteiger partial charge in [-0.15, -0.1) is 0 Å². The Morgan fingerprint density at radius 3 is 2.64 bits per heavy atom. The van der Waals surface area contributed by atoms with E-state index < -0.39 is 0 Å². The highest BCUT2D eigenvalue weighted by molar-refractivity contribution is 9.10. The first kappa shape index (κ1) is 16.3. The Morgan fingerprint density at radius 2 is 1.92 bits per heavy atom. The molecular formula is C20H20BrN3O. The number of anilines is 1. The Morgan fingerprint density at radius 1 is 1.20 bits per heavy atom. The third-order valence-corrected chi connectivity index (χ3v) is 5.36. The zero-order chi connectivity index (χ0) is 17.4. The standard InChI is InChI=1S/C20H20BrN3O/c1-13-6-8-15(9-7-13)23-20(25)17-10-14(21)11-19-18(17)12-22-24(19)16-4-2-3-5-16/h6-12,16H,2-5H2,1H3,(H,23,25). The highest BCUT2D eigenvalue weighted by atomic mass is 79.9. The van der Waals surface area contributed by atoms with Crippen LogP contribution in [0.1, 0.15) is 47.6 Å². The zero-order valence-electron chi connectivity index (χ0n) is 14.1. The Balaban J connectivity index is 1.71. The van der Waals surface area contributed by atoms with E-state index in [1.165, 1.54) is 18.4 Å². The summed E-state index contributed by atoms with van der Waals surface area (Å²) in [5, 5.41) is 8.49. The van der Waals surface area contributed by atoms with Crippen molar-refractivity contribution in [3.63, 3.8) is 0 Å². The number of nitrogens with one attached hydrogen (secondary N) is 1. The quantitative estimate of drug-likeness (QED) is 0.636. The van der Waals surface area contributed by atoms with Crippen molar-refractivity contribution < 1.29 is 4.79 Å². The molecule has 4 nitrogen and oxygen atoms in total. The maximum atomic E-state index is 12.8. The van der Waals surface area contributed by atoms with Gasteiger partial charge in [-0.1, -0.05) is 46.5 Å². The van der Waals surface area contributed by atoms with Crippen molar-refractivity contribution >= 4 is 38.4 Å². The molecule has 1 aromatic heterocycles. The van der Waals surface area contributed by atoms with Crippen molar-refractivity contribution in [2.75, 3.05) is 5.32 Å². The van der Waals surface area contributed by atoms with E-state index in [-0.39, 0.29) is 5.91 Å². The number of halogens is 1. The van der Waals surface area contributed by atoms with E-state index in [0.717, 1.165) is 33.9 Å². The van der Waals surface area contributed by atoms with Crippen molar-refractivity contribution in [1.29, 1.82) is 0 Å². The molecule has 0 atom stereocenters. The average molecular weight is 398 g/mol. The number of benzene rings is 2. The summed E-state index contributed by atoms with van der Waals surface area (Å²) in [4.78, 5) is 12.8. The largest absolute Gasteiger partial charge is 0.322 e. The number of amides is 1. The second-order valence-corrected chi connectivity index (χ2v) is 7.65. The topological polar surface area (TPSA) is 46.9 Å². The van der Waals surface area contributed by atoms with E-state index in [4.69, 9.17) is 0 Å². The molecule has 4 rings (SSSR count). The predicted octanol–water partition coefficient (Wildman–Crippen LogP) is 5.47. The van der Waals surface area contributed by atoms with Crippen LogP contribution in [0.5, 0.6) is 0 Å². The normalized spacial score (nSPS) is 15.0. The first-order valence-electron chi connectivity index (χ1n) is 8.66. The maximum Gasteiger partial charge on any atom is 0.256 e. The minimum Gasteiger partial charge on any atom is -0.322 e. The number of aromatic nitrogens is 2. The van der Waals surface area contributed by atoms with Crippen molar-refractivity contribution in [3.05, 3.63) is 58.2 Å². The van der Waals surface area contributed by atoms with Gasteiger partial charge in [0, 0.05) is 15.5 Å². The number of hydrogen-bond acceptors (Lipinski definition) is 2. The second kappa shape index (κ2) is 6.64. The molecule has 1 N–H and O–H groups in total. The lowest BCUT2D eigenvalue weighted by Gasteiger charge is -2.12. The van der Waals surface area contributed by atoms with Crippen molar-refractivity contribution in [1.82, 2.24) is 9.78 Å². The number of hydrogen-bond donors (Lipinski definition) is 1. The second-order valence-electron chi connectivity index (χ2n) is 6.73. The summed E-state index contributed by atoms with van der Waals surface area (Å²) in [7, 11) is 0. The van der Waals surface area contributed by atoms with Crippen molar-refractivity contribution in [2.45, 2.75) is 38.6 Å². The molecule has 0 aliphatic heterocycles. The molecule has 0 spiro atoms. The highest BCUT2D eigenvalue weighted by Gasteiger charge is 2.22. The lowest BCUT2D eigenvalue weighted by Crippen LogP contribution is -2.12. The Labute approximate surface area is 155 Å². The molecule has 1 heterocycles. The van der Waals surface area contributed by atoms with E-state index >= 15 is 0 Å². The van der Waals surface area contributed by atoms with E-state index in [9.17, 15) is 4.79 Å². The van der Waals surface area contributed by atoms with E-state index in [1.807, 2.05) is 43.5 Å². The molecule has 128 valence electrons. The van der Waals surface area contributed by atoms with Gasteiger partial charge >= 0.3 is 0 Å². The van der Waals surface area contributed by atoms with Gasteiger partial charge in [-0.25, -0.2) is 0 Å². The number of nitrogens with zero attached hydrogens (tertiary/aromatic N) is 2. The number of carbonyl (C=O) groups is 1. The SMILES string of the molecule is Cc1ccc(NC(=O)c2cc(Br)cc3c2cnn3C2CCCC2)cc1. The van der Waals surface area contributed by atoms with Crippen LogP contribution in [0, 0.1) is 6.92 Å². The average Bonchev–Trinajstić information content (AvgIpc) is 3.25. The predicted molar refractivity (Wildman–Crippen MR) is 104 cm³/mol. The van der Waals surface area contributed by atoms with Crippen LogP contribution in [0.15, 0.2) is 47.1 Å². The first-order chi connectivity index (χ1) is 12.1. The Bertz CT molecular complexity index is 924. The third kappa shape index (κ3) is 3.21. The summed E-state index contributed by atoms with van der Waals surface area (Å²) in [6, 6.07) is 12.2. The van der Waals surface area contributed by atoms with Crippen LogP contribution < -0.4 is 5.32 Å². The van der Waals surface area contributed by atoms with Gasteiger partial charge in [0.25, 0.3) is 5.91 Å². The summed E-state index contributed by atoms with van der Waals surface area (Å²) in [5.74, 6) is -0.110. The molecule has 0 radical (unpaired) electrons. The Hall–Kier alpha value is -2.14. The molecule has 0 saturated heterocycles. The number of aryl methyl sites for hydroxylation is 1. The summed E-state index contributed by atoms with van der Waals surface area (Å²) in [6.07, 6.45) is 6.65. The van der Waals surface area contributed by atoms with Gasteiger partial charge in [0.15, 0.2) is 0 Å². The highest BCUT2D eigenvalue weighted by Crippen LogP contribution is 2.33. The van der Waals surface area contributed by atoms with Gasteiger partial charge in [0.05, 0.1) is 23.3 Å². The first-order valence-corrected chi connectivity index (χ1v) is 9.46. The number of fused-ring (bicyclic) bond motifs is 1. The minimum atomic E-state index is -0.110. The molecule has 3 aromatic rings.